The highest BCUT2D eigenvalue weighted by Gasteiger charge is 2.30. The lowest BCUT2D eigenvalue weighted by atomic mass is 9.96. The van der Waals surface area contributed by atoms with Gasteiger partial charge in [0, 0.05) is 38.3 Å². The fourth-order valence-electron chi connectivity index (χ4n) is 5.87. The van der Waals surface area contributed by atoms with E-state index in [0.29, 0.717) is 36.3 Å². The maximum Gasteiger partial charge on any atom is 0.269 e. The smallest absolute Gasteiger partial charge is 0.269 e. The van der Waals surface area contributed by atoms with Crippen LogP contribution in [-0.2, 0) is 11.3 Å². The van der Waals surface area contributed by atoms with Crippen molar-refractivity contribution in [3.05, 3.63) is 167 Å². The van der Waals surface area contributed by atoms with Gasteiger partial charge in [-0.15, -0.1) is 11.3 Å². The number of benzene rings is 4. The predicted octanol–water partition coefficient (Wildman–Crippen LogP) is 4.30. The number of nitrogens with zero attached hydrogens (tertiary/aromatic N) is 5. The molecule has 47 heavy (non-hydrogen) atoms. The first-order valence-corrected chi connectivity index (χ1v) is 16.0. The second kappa shape index (κ2) is 14.2. The summed E-state index contributed by atoms with van der Waals surface area (Å²) in [6, 6.07) is 38.0. The molecule has 1 aliphatic rings. The zero-order valence-electron chi connectivity index (χ0n) is 25.4. The Balaban J connectivity index is 1.34. The molecule has 1 saturated heterocycles. The van der Waals surface area contributed by atoms with Crippen LogP contribution in [0.5, 0.6) is 0 Å². The summed E-state index contributed by atoms with van der Waals surface area (Å²) >= 11 is 1.08. The van der Waals surface area contributed by atoms with Gasteiger partial charge in [-0.2, -0.15) is 5.26 Å². The van der Waals surface area contributed by atoms with E-state index in [0.717, 1.165) is 16.9 Å². The van der Waals surface area contributed by atoms with Crippen molar-refractivity contribution in [2.75, 3.05) is 26.2 Å². The number of hydrogen-bond acceptors (Lipinski definition) is 7. The van der Waals surface area contributed by atoms with Gasteiger partial charge in [0.2, 0.25) is 0 Å². The highest BCUT2D eigenvalue weighted by atomic mass is 32.1. The minimum absolute atomic E-state index is 0.0277. The minimum Gasteiger partial charge on any atom is -0.335 e. The zero-order valence-corrected chi connectivity index (χ0v) is 26.3. The quantitative estimate of drug-likeness (QED) is 0.185. The normalized spacial score (nSPS) is 14.6. The SMILES string of the molecule is N#C/C(C(=O)N1CCN(C(c2ccccc2)c2ccccc2)CC1)=c1\s/c(=C/c2ccc([N+](=O)[O-])cc2)c(=O)n1Cc1ccccc1. The highest BCUT2D eigenvalue weighted by Crippen LogP contribution is 2.29. The number of carbonyl (C=O) groups is 1. The molecule has 0 aliphatic carbocycles. The van der Waals surface area contributed by atoms with E-state index in [1.165, 1.54) is 27.8 Å². The average Bonchev–Trinajstić information content (AvgIpc) is 3.40. The minimum atomic E-state index is -0.483. The first-order valence-electron chi connectivity index (χ1n) is 15.2. The number of amides is 1. The molecule has 0 saturated carbocycles. The standard InChI is InChI=1S/C37H31N5O4S/c38-25-32(35(43)40-22-20-39(21-23-40)34(29-12-6-2-7-13-29)30-14-8-3-9-15-30)37-41(26-28-10-4-1-5-11-28)36(44)33(47-37)24-27-16-18-31(19-17-27)42(45)46/h1-19,24,34H,20-23,26H2/b33-24+,37-32+. The summed E-state index contributed by atoms with van der Waals surface area (Å²) < 4.78 is 2.09. The number of rotatable bonds is 8. The predicted molar refractivity (Wildman–Crippen MR) is 182 cm³/mol. The lowest BCUT2D eigenvalue weighted by Gasteiger charge is -2.39. The molecule has 0 spiro atoms. The van der Waals surface area contributed by atoms with Crippen molar-refractivity contribution in [2.45, 2.75) is 12.6 Å². The fourth-order valence-corrected chi connectivity index (χ4v) is 6.97. The summed E-state index contributed by atoms with van der Waals surface area (Å²) in [6.07, 6.45) is 1.63. The van der Waals surface area contributed by atoms with Gasteiger partial charge < -0.3 is 4.90 Å². The summed E-state index contributed by atoms with van der Waals surface area (Å²) in [5.74, 6) is -0.409. The van der Waals surface area contributed by atoms with Gasteiger partial charge in [-0.3, -0.25) is 29.2 Å². The zero-order chi connectivity index (χ0) is 32.8. The highest BCUT2D eigenvalue weighted by molar-refractivity contribution is 7.07. The molecule has 0 N–H and O–H groups in total. The molecule has 234 valence electrons. The molecule has 0 bridgehead atoms. The molecule has 1 aromatic heterocycles. The van der Waals surface area contributed by atoms with E-state index in [9.17, 15) is 25.0 Å². The maximum absolute atomic E-state index is 14.0. The Morgan fingerprint density at radius 2 is 1.40 bits per heavy atom. The summed E-state index contributed by atoms with van der Waals surface area (Å²) in [7, 11) is 0. The molecule has 0 unspecified atom stereocenters. The topological polar surface area (TPSA) is 112 Å². The Morgan fingerprint density at radius 1 is 0.851 bits per heavy atom. The molecule has 0 radical (unpaired) electrons. The molecular weight excluding hydrogens is 611 g/mol. The lowest BCUT2D eigenvalue weighted by Crippen LogP contribution is -2.50. The van der Waals surface area contributed by atoms with Gasteiger partial charge in [0.15, 0.2) is 5.57 Å². The summed E-state index contributed by atoms with van der Waals surface area (Å²) in [6.45, 7) is 2.26. The number of nitro benzene ring substituents is 1. The summed E-state index contributed by atoms with van der Waals surface area (Å²) in [5.41, 5.74) is 3.31. The van der Waals surface area contributed by atoms with E-state index in [1.54, 1.807) is 23.1 Å². The lowest BCUT2D eigenvalue weighted by molar-refractivity contribution is -0.384. The van der Waals surface area contributed by atoms with Crippen LogP contribution in [0.25, 0.3) is 11.6 Å². The van der Waals surface area contributed by atoms with Crippen molar-refractivity contribution in [3.63, 3.8) is 0 Å². The monoisotopic (exact) mass is 641 g/mol. The molecule has 1 fully saturated rings. The van der Waals surface area contributed by atoms with Crippen molar-refractivity contribution in [1.29, 1.82) is 5.26 Å². The Bertz CT molecular complexity index is 2060. The first kappa shape index (κ1) is 31.4. The van der Waals surface area contributed by atoms with Gasteiger partial charge in [0.1, 0.15) is 10.7 Å². The van der Waals surface area contributed by atoms with Gasteiger partial charge in [-0.05, 0) is 40.5 Å². The van der Waals surface area contributed by atoms with E-state index in [-0.39, 0.29) is 34.1 Å². The van der Waals surface area contributed by atoms with Crippen molar-refractivity contribution >= 4 is 34.6 Å². The Labute approximate surface area is 275 Å². The van der Waals surface area contributed by atoms with Crippen LogP contribution < -0.4 is 14.8 Å². The third-order valence-electron chi connectivity index (χ3n) is 8.23. The molecule has 10 heteroatoms. The number of non-ortho nitro benzene ring substituents is 1. The van der Waals surface area contributed by atoms with E-state index >= 15 is 0 Å². The number of nitro groups is 1. The Morgan fingerprint density at radius 3 is 1.94 bits per heavy atom. The number of carbonyl (C=O) groups excluding carboxylic acids is 1. The van der Waals surface area contributed by atoms with Gasteiger partial charge in [0.25, 0.3) is 17.2 Å². The molecule has 1 aliphatic heterocycles. The fraction of sp³-hybridized carbons (Fsp3) is 0.162. The summed E-state index contributed by atoms with van der Waals surface area (Å²) in [4.78, 5) is 42.4. The van der Waals surface area contributed by atoms with E-state index < -0.39 is 10.8 Å². The van der Waals surface area contributed by atoms with Crippen molar-refractivity contribution in [2.24, 2.45) is 0 Å². The number of thiazole rings is 1. The van der Waals surface area contributed by atoms with Crippen LogP contribution >= 0.6 is 11.3 Å². The van der Waals surface area contributed by atoms with Crippen LogP contribution in [0.2, 0.25) is 0 Å². The molecular formula is C37H31N5O4S. The van der Waals surface area contributed by atoms with E-state index in [4.69, 9.17) is 0 Å². The van der Waals surface area contributed by atoms with Gasteiger partial charge in [-0.25, -0.2) is 0 Å². The first-order chi connectivity index (χ1) is 22.9. The molecule has 0 atom stereocenters. The number of aromatic nitrogens is 1. The van der Waals surface area contributed by atoms with Crippen molar-refractivity contribution < 1.29 is 9.72 Å². The molecule has 2 heterocycles. The third kappa shape index (κ3) is 6.97. The van der Waals surface area contributed by atoms with Crippen LogP contribution in [0.1, 0.15) is 28.3 Å². The van der Waals surface area contributed by atoms with E-state index in [1.807, 2.05) is 66.7 Å². The molecule has 1 amide bonds. The molecule has 5 aromatic rings. The van der Waals surface area contributed by atoms with Crippen LogP contribution in [0, 0.1) is 21.4 Å². The van der Waals surface area contributed by atoms with Gasteiger partial charge in [0.05, 0.1) is 22.0 Å². The third-order valence-corrected chi connectivity index (χ3v) is 9.36. The van der Waals surface area contributed by atoms with Gasteiger partial charge >= 0.3 is 0 Å². The van der Waals surface area contributed by atoms with Crippen molar-refractivity contribution in [3.8, 4) is 6.07 Å². The van der Waals surface area contributed by atoms with Crippen LogP contribution in [-0.4, -0.2) is 51.4 Å². The Kier molecular flexibility index (Phi) is 9.48. The number of nitriles is 1. The van der Waals surface area contributed by atoms with Crippen LogP contribution in [0.15, 0.2) is 120 Å². The molecule has 4 aromatic carbocycles. The number of piperazine rings is 1. The maximum atomic E-state index is 14.0. The van der Waals surface area contributed by atoms with E-state index in [2.05, 4.69) is 35.2 Å². The largest absolute Gasteiger partial charge is 0.335 e. The van der Waals surface area contributed by atoms with Crippen LogP contribution in [0.3, 0.4) is 0 Å². The van der Waals surface area contributed by atoms with Crippen LogP contribution in [0.4, 0.5) is 5.69 Å². The number of hydrogen-bond donors (Lipinski definition) is 0. The summed E-state index contributed by atoms with van der Waals surface area (Å²) in [5, 5.41) is 21.5. The average molecular weight is 642 g/mol. The molecule has 6 rings (SSSR count). The van der Waals surface area contributed by atoms with Crippen molar-refractivity contribution in [1.82, 2.24) is 14.4 Å². The molecule has 9 nitrogen and oxygen atoms in total. The second-order valence-electron chi connectivity index (χ2n) is 11.2. The Hall–Kier alpha value is -5.63. The van der Waals surface area contributed by atoms with Gasteiger partial charge in [-0.1, -0.05) is 91.0 Å². The second-order valence-corrected chi connectivity index (χ2v) is 12.2.